The Kier molecular flexibility index (Phi) is 8.36. The molecule has 2 aliphatic rings. The van der Waals surface area contributed by atoms with Crippen LogP contribution in [0.15, 0.2) is 28.8 Å². The molecule has 0 N–H and O–H groups in total. The number of rotatable bonds is 8. The van der Waals surface area contributed by atoms with E-state index in [-0.39, 0.29) is 6.10 Å². The Morgan fingerprint density at radius 2 is 1.96 bits per heavy atom. The molecule has 148 valence electrons. The molecule has 0 heterocycles. The van der Waals surface area contributed by atoms with Gasteiger partial charge in [0.1, 0.15) is 6.10 Å². The maximum Gasteiger partial charge on any atom is 0.215 e. The van der Waals surface area contributed by atoms with Gasteiger partial charge in [0, 0.05) is 25.8 Å². The molecule has 0 aliphatic heterocycles. The second-order valence-corrected chi connectivity index (χ2v) is 7.95. The molecular weight excluding hydrogens is 324 g/mol. The van der Waals surface area contributed by atoms with Crippen molar-refractivity contribution in [2.75, 3.05) is 28.3 Å². The lowest BCUT2D eigenvalue weighted by Crippen LogP contribution is -2.35. The Balaban J connectivity index is 1.94. The molecule has 2 rings (SSSR count). The normalized spacial score (nSPS) is 28.2. The van der Waals surface area contributed by atoms with Crippen molar-refractivity contribution in [3.8, 4) is 0 Å². The minimum atomic E-state index is 0.268. The molecule has 0 bridgehead atoms. The second kappa shape index (κ2) is 10.3. The van der Waals surface area contributed by atoms with E-state index in [1.807, 2.05) is 14.2 Å². The first-order valence-electron chi connectivity index (χ1n) is 10.2. The zero-order valence-corrected chi connectivity index (χ0v) is 17.5. The average molecular weight is 363 g/mol. The molecule has 0 saturated heterocycles. The Bertz CT molecular complexity index is 512. The predicted octanol–water partition coefficient (Wildman–Crippen LogP) is 4.61. The summed E-state index contributed by atoms with van der Waals surface area (Å²) in [5.74, 6) is 1.25. The number of ether oxygens (including phenoxy) is 2. The van der Waals surface area contributed by atoms with E-state index in [9.17, 15) is 0 Å². The first-order chi connectivity index (χ1) is 12.5. The van der Waals surface area contributed by atoms with Gasteiger partial charge >= 0.3 is 0 Å². The lowest BCUT2D eigenvalue weighted by Gasteiger charge is -2.33. The van der Waals surface area contributed by atoms with E-state index < -0.39 is 0 Å². The largest absolute Gasteiger partial charge is 0.474 e. The first kappa shape index (κ1) is 21.2. The fourth-order valence-electron chi connectivity index (χ4n) is 4.34. The highest BCUT2D eigenvalue weighted by Crippen LogP contribution is 2.36. The number of hydrogen-bond acceptors (Lipinski definition) is 4. The molecule has 1 saturated carbocycles. The Labute approximate surface area is 160 Å². The summed E-state index contributed by atoms with van der Waals surface area (Å²) in [6.45, 7) is 6.54. The molecular formula is C22H38N2O2. The summed E-state index contributed by atoms with van der Waals surface area (Å²) in [4.78, 5) is 6.78. The summed E-state index contributed by atoms with van der Waals surface area (Å²) in [5, 5.41) is 0. The molecule has 1 fully saturated rings. The molecule has 0 radical (unpaired) electrons. The molecule has 4 heteroatoms. The van der Waals surface area contributed by atoms with Crippen LogP contribution in [-0.4, -0.2) is 57.3 Å². The third-order valence-electron chi connectivity index (χ3n) is 6.12. The Morgan fingerprint density at radius 1 is 1.27 bits per heavy atom. The smallest absolute Gasteiger partial charge is 0.215 e. The maximum absolute atomic E-state index is 6.31. The number of hydrogen-bond donors (Lipinski definition) is 0. The SMILES string of the molecule is C=C(C1=CCC[C@@H]1C[C@@H](CC)OC)/C(=N\C)O[C@H]1CC[C@H](N(C)C)CC1. The van der Waals surface area contributed by atoms with Gasteiger partial charge in [-0.15, -0.1) is 0 Å². The minimum absolute atomic E-state index is 0.268. The van der Waals surface area contributed by atoms with Crippen molar-refractivity contribution in [2.24, 2.45) is 10.9 Å². The van der Waals surface area contributed by atoms with Crippen molar-refractivity contribution in [3.05, 3.63) is 23.8 Å². The van der Waals surface area contributed by atoms with E-state index >= 15 is 0 Å². The van der Waals surface area contributed by atoms with Gasteiger partial charge in [0.25, 0.3) is 0 Å². The molecule has 0 aromatic carbocycles. The zero-order valence-electron chi connectivity index (χ0n) is 17.5. The van der Waals surface area contributed by atoms with Gasteiger partial charge in [-0.1, -0.05) is 19.6 Å². The Morgan fingerprint density at radius 3 is 2.50 bits per heavy atom. The van der Waals surface area contributed by atoms with E-state index in [4.69, 9.17) is 9.47 Å². The summed E-state index contributed by atoms with van der Waals surface area (Å²) in [6.07, 6.45) is 11.9. The minimum Gasteiger partial charge on any atom is -0.474 e. The molecule has 0 unspecified atom stereocenters. The lowest BCUT2D eigenvalue weighted by atomic mass is 9.89. The van der Waals surface area contributed by atoms with Gasteiger partial charge in [-0.3, -0.25) is 4.99 Å². The first-order valence-corrected chi connectivity index (χ1v) is 10.2. The highest BCUT2D eigenvalue weighted by Gasteiger charge is 2.29. The second-order valence-electron chi connectivity index (χ2n) is 7.95. The van der Waals surface area contributed by atoms with Crippen LogP contribution in [0.1, 0.15) is 58.3 Å². The van der Waals surface area contributed by atoms with Crippen LogP contribution < -0.4 is 0 Å². The van der Waals surface area contributed by atoms with Gasteiger partial charge in [-0.05, 0) is 77.0 Å². The standard InChI is InChI=1S/C22H38N2O2/c1-7-19(25-6)15-17-9-8-10-21(17)16(2)22(23-3)26-20-13-11-18(12-14-20)24(4)5/h10,17-20H,2,7-9,11-15H2,1,3-6H3/b23-22+/t17-,18-,19-,20-/m1/s1. The highest BCUT2D eigenvalue weighted by molar-refractivity contribution is 5.97. The van der Waals surface area contributed by atoms with E-state index in [1.165, 1.54) is 24.8 Å². The van der Waals surface area contributed by atoms with Crippen LogP contribution >= 0.6 is 0 Å². The number of methoxy groups -OCH3 is 1. The van der Waals surface area contributed by atoms with Gasteiger partial charge < -0.3 is 14.4 Å². The van der Waals surface area contributed by atoms with Crippen molar-refractivity contribution >= 4 is 5.90 Å². The van der Waals surface area contributed by atoms with Crippen molar-refractivity contribution in [1.82, 2.24) is 4.90 Å². The molecule has 26 heavy (non-hydrogen) atoms. The van der Waals surface area contributed by atoms with Crippen molar-refractivity contribution < 1.29 is 9.47 Å². The monoisotopic (exact) mass is 362 g/mol. The van der Waals surface area contributed by atoms with Gasteiger partial charge in [-0.2, -0.15) is 0 Å². The third-order valence-corrected chi connectivity index (χ3v) is 6.12. The Hall–Kier alpha value is -1.13. The van der Waals surface area contributed by atoms with E-state index in [2.05, 4.69) is 43.6 Å². The zero-order chi connectivity index (χ0) is 19.1. The van der Waals surface area contributed by atoms with Crippen LogP contribution in [0.2, 0.25) is 0 Å². The topological polar surface area (TPSA) is 34.1 Å². The van der Waals surface area contributed by atoms with Crippen LogP contribution in [0.3, 0.4) is 0 Å². The van der Waals surface area contributed by atoms with Crippen LogP contribution in [-0.2, 0) is 9.47 Å². The van der Waals surface area contributed by atoms with Crippen LogP contribution in [0.25, 0.3) is 0 Å². The average Bonchev–Trinajstić information content (AvgIpc) is 3.12. The lowest BCUT2D eigenvalue weighted by molar-refractivity contribution is 0.0814. The molecule has 0 amide bonds. The molecule has 0 aromatic heterocycles. The van der Waals surface area contributed by atoms with E-state index in [0.29, 0.717) is 18.1 Å². The van der Waals surface area contributed by atoms with Crippen LogP contribution in [0, 0.1) is 5.92 Å². The van der Waals surface area contributed by atoms with E-state index in [1.54, 1.807) is 0 Å². The summed E-state index contributed by atoms with van der Waals surface area (Å²) in [5.41, 5.74) is 2.30. The van der Waals surface area contributed by atoms with Gasteiger partial charge in [0.2, 0.25) is 5.90 Å². The van der Waals surface area contributed by atoms with Crippen molar-refractivity contribution in [1.29, 1.82) is 0 Å². The molecule has 2 aliphatic carbocycles. The van der Waals surface area contributed by atoms with Crippen molar-refractivity contribution in [3.63, 3.8) is 0 Å². The molecule has 0 aromatic rings. The van der Waals surface area contributed by atoms with Crippen LogP contribution in [0.5, 0.6) is 0 Å². The molecule has 0 spiro atoms. The molecule has 2 atom stereocenters. The number of allylic oxidation sites excluding steroid dienone is 1. The summed E-state index contributed by atoms with van der Waals surface area (Å²) >= 11 is 0. The fourth-order valence-corrected chi connectivity index (χ4v) is 4.34. The van der Waals surface area contributed by atoms with E-state index in [0.717, 1.165) is 43.6 Å². The summed E-state index contributed by atoms with van der Waals surface area (Å²) < 4.78 is 11.9. The fraction of sp³-hybridized carbons (Fsp3) is 0.773. The van der Waals surface area contributed by atoms with Gasteiger partial charge in [0.05, 0.1) is 6.10 Å². The third kappa shape index (κ3) is 5.43. The predicted molar refractivity (Wildman–Crippen MR) is 110 cm³/mol. The summed E-state index contributed by atoms with van der Waals surface area (Å²) in [6, 6.07) is 0.682. The summed E-state index contributed by atoms with van der Waals surface area (Å²) in [7, 11) is 7.97. The number of aliphatic imine (C=N–C) groups is 1. The quantitative estimate of drug-likeness (QED) is 0.467. The maximum atomic E-state index is 6.31. The van der Waals surface area contributed by atoms with Gasteiger partial charge in [-0.25, -0.2) is 0 Å². The number of nitrogens with zero attached hydrogens (tertiary/aromatic N) is 2. The van der Waals surface area contributed by atoms with Crippen LogP contribution in [0.4, 0.5) is 0 Å². The molecule has 4 nitrogen and oxygen atoms in total. The highest BCUT2D eigenvalue weighted by atomic mass is 16.5. The van der Waals surface area contributed by atoms with Crippen molar-refractivity contribution in [2.45, 2.75) is 76.5 Å². The van der Waals surface area contributed by atoms with Gasteiger partial charge in [0.15, 0.2) is 0 Å².